The molecule has 25 heavy (non-hydrogen) atoms. The fourth-order valence-electron chi connectivity index (χ4n) is 2.59. The molecule has 0 radical (unpaired) electrons. The van der Waals surface area contributed by atoms with Crippen LogP contribution >= 0.6 is 11.6 Å². The number of carbonyl (C=O) groups excluding carboxylic acids is 3. The summed E-state index contributed by atoms with van der Waals surface area (Å²) in [5.74, 6) is -0.754. The van der Waals surface area contributed by atoms with Crippen LogP contribution in [0.4, 0.5) is 10.5 Å². The summed E-state index contributed by atoms with van der Waals surface area (Å²) in [5.41, 5.74) is 0.0398. The van der Waals surface area contributed by atoms with E-state index in [1.54, 1.807) is 30.3 Å². The highest BCUT2D eigenvalue weighted by atomic mass is 35.5. The van der Waals surface area contributed by atoms with Gasteiger partial charge in [-0.05, 0) is 43.7 Å². The summed E-state index contributed by atoms with van der Waals surface area (Å²) < 4.78 is 5.24. The van der Waals surface area contributed by atoms with E-state index in [-0.39, 0.29) is 0 Å². The Kier molecular flexibility index (Phi) is 4.26. The van der Waals surface area contributed by atoms with Gasteiger partial charge in [-0.15, -0.1) is 0 Å². The van der Waals surface area contributed by atoms with Crippen molar-refractivity contribution in [2.24, 2.45) is 0 Å². The van der Waals surface area contributed by atoms with Crippen LogP contribution in [0.3, 0.4) is 0 Å². The molecular formula is C17H16ClN3O4. The normalized spacial score (nSPS) is 19.9. The van der Waals surface area contributed by atoms with E-state index >= 15 is 0 Å². The quantitative estimate of drug-likeness (QED) is 0.819. The standard InChI is InChI=1S/C17H16ClN3O4/c1-10-5-6-11(8-12(10)18)19-14(22)9-21-15(23)17(2,20-16(21)24)13-4-3-7-25-13/h3-8H,9H2,1-2H3,(H,19,22)(H,20,24). The zero-order valence-electron chi connectivity index (χ0n) is 13.6. The number of hydrogen-bond donors (Lipinski definition) is 2. The Hall–Kier alpha value is -2.80. The summed E-state index contributed by atoms with van der Waals surface area (Å²) in [7, 11) is 0. The third-order valence-electron chi connectivity index (χ3n) is 4.05. The molecule has 1 unspecified atom stereocenters. The first-order valence-electron chi connectivity index (χ1n) is 7.55. The average molecular weight is 362 g/mol. The summed E-state index contributed by atoms with van der Waals surface area (Å²) in [6.45, 7) is 2.97. The van der Waals surface area contributed by atoms with E-state index in [1.807, 2.05) is 6.92 Å². The molecule has 8 heteroatoms. The number of halogens is 1. The van der Waals surface area contributed by atoms with Gasteiger partial charge in [0.15, 0.2) is 5.54 Å². The number of nitrogens with one attached hydrogen (secondary N) is 2. The maximum atomic E-state index is 12.6. The van der Waals surface area contributed by atoms with Crippen LogP contribution in [-0.2, 0) is 15.1 Å². The van der Waals surface area contributed by atoms with Crippen molar-refractivity contribution in [3.05, 3.63) is 52.9 Å². The van der Waals surface area contributed by atoms with E-state index in [1.165, 1.54) is 13.2 Å². The van der Waals surface area contributed by atoms with Crippen molar-refractivity contribution in [1.82, 2.24) is 10.2 Å². The molecule has 2 heterocycles. The molecule has 0 aliphatic carbocycles. The minimum Gasteiger partial charge on any atom is -0.466 e. The van der Waals surface area contributed by atoms with Crippen LogP contribution in [0.25, 0.3) is 0 Å². The highest BCUT2D eigenvalue weighted by molar-refractivity contribution is 6.31. The number of urea groups is 1. The molecule has 2 aromatic rings. The number of nitrogens with zero attached hydrogens (tertiary/aromatic N) is 1. The molecule has 2 N–H and O–H groups in total. The Morgan fingerprint density at radius 2 is 2.12 bits per heavy atom. The zero-order chi connectivity index (χ0) is 18.2. The molecule has 1 aliphatic rings. The van der Waals surface area contributed by atoms with Gasteiger partial charge in [0.05, 0.1) is 6.26 Å². The van der Waals surface area contributed by atoms with Gasteiger partial charge in [-0.1, -0.05) is 17.7 Å². The van der Waals surface area contributed by atoms with E-state index in [0.717, 1.165) is 10.5 Å². The van der Waals surface area contributed by atoms with Crippen molar-refractivity contribution in [3.8, 4) is 0 Å². The smallest absolute Gasteiger partial charge is 0.325 e. The molecule has 1 aromatic carbocycles. The fourth-order valence-corrected chi connectivity index (χ4v) is 2.77. The number of benzene rings is 1. The predicted molar refractivity (Wildman–Crippen MR) is 91.1 cm³/mol. The van der Waals surface area contributed by atoms with Crippen LogP contribution < -0.4 is 10.6 Å². The van der Waals surface area contributed by atoms with Gasteiger partial charge in [-0.2, -0.15) is 0 Å². The second kappa shape index (κ2) is 6.25. The fraction of sp³-hybridized carbons (Fsp3) is 0.235. The lowest BCUT2D eigenvalue weighted by atomic mass is 9.99. The lowest BCUT2D eigenvalue weighted by molar-refractivity contribution is -0.134. The lowest BCUT2D eigenvalue weighted by Crippen LogP contribution is -2.41. The molecule has 1 aliphatic heterocycles. The average Bonchev–Trinajstić information content (AvgIpc) is 3.16. The Morgan fingerprint density at radius 3 is 2.76 bits per heavy atom. The highest BCUT2D eigenvalue weighted by Crippen LogP contribution is 2.29. The van der Waals surface area contributed by atoms with E-state index < -0.39 is 29.9 Å². The van der Waals surface area contributed by atoms with Gasteiger partial charge in [0.1, 0.15) is 12.3 Å². The Balaban J connectivity index is 1.72. The van der Waals surface area contributed by atoms with Crippen LogP contribution in [0.5, 0.6) is 0 Å². The van der Waals surface area contributed by atoms with Crippen molar-refractivity contribution in [3.63, 3.8) is 0 Å². The van der Waals surface area contributed by atoms with E-state index in [9.17, 15) is 14.4 Å². The van der Waals surface area contributed by atoms with E-state index in [2.05, 4.69) is 10.6 Å². The van der Waals surface area contributed by atoms with Crippen molar-refractivity contribution >= 4 is 35.1 Å². The number of anilines is 1. The molecule has 130 valence electrons. The van der Waals surface area contributed by atoms with Gasteiger partial charge in [-0.25, -0.2) is 4.79 Å². The molecule has 0 bridgehead atoms. The number of amides is 4. The van der Waals surface area contributed by atoms with Crippen molar-refractivity contribution in [1.29, 1.82) is 0 Å². The van der Waals surface area contributed by atoms with E-state index in [4.69, 9.17) is 16.0 Å². The SMILES string of the molecule is Cc1ccc(NC(=O)CN2C(=O)NC(C)(c3ccco3)C2=O)cc1Cl. The number of rotatable bonds is 4. The molecular weight excluding hydrogens is 346 g/mol. The maximum Gasteiger partial charge on any atom is 0.325 e. The summed E-state index contributed by atoms with van der Waals surface area (Å²) in [6.07, 6.45) is 1.41. The van der Waals surface area contributed by atoms with Crippen LogP contribution in [0.1, 0.15) is 18.2 Å². The molecule has 3 rings (SSSR count). The second-order valence-electron chi connectivity index (χ2n) is 5.94. The molecule has 4 amide bonds. The van der Waals surface area contributed by atoms with E-state index in [0.29, 0.717) is 16.5 Å². The number of carbonyl (C=O) groups is 3. The highest BCUT2D eigenvalue weighted by Gasteiger charge is 2.51. The predicted octanol–water partition coefficient (Wildman–Crippen LogP) is 2.65. The minimum absolute atomic E-state index is 0.305. The Morgan fingerprint density at radius 1 is 1.36 bits per heavy atom. The third-order valence-corrected chi connectivity index (χ3v) is 4.45. The maximum absolute atomic E-state index is 12.6. The number of aryl methyl sites for hydroxylation is 1. The van der Waals surface area contributed by atoms with Crippen LogP contribution in [0.15, 0.2) is 41.0 Å². The van der Waals surface area contributed by atoms with Gasteiger partial charge in [0, 0.05) is 10.7 Å². The molecule has 0 spiro atoms. The summed E-state index contributed by atoms with van der Waals surface area (Å²) in [6, 6.07) is 7.62. The van der Waals surface area contributed by atoms with Crippen LogP contribution in [-0.4, -0.2) is 29.3 Å². The first kappa shape index (κ1) is 17.0. The molecule has 1 atom stereocenters. The molecule has 1 fully saturated rings. The summed E-state index contributed by atoms with van der Waals surface area (Å²) >= 11 is 6.02. The summed E-state index contributed by atoms with van der Waals surface area (Å²) in [4.78, 5) is 37.8. The monoisotopic (exact) mass is 361 g/mol. The largest absolute Gasteiger partial charge is 0.466 e. The molecule has 1 aromatic heterocycles. The molecule has 7 nitrogen and oxygen atoms in total. The van der Waals surface area contributed by atoms with Crippen molar-refractivity contribution in [2.45, 2.75) is 19.4 Å². The topological polar surface area (TPSA) is 91.7 Å². The first-order valence-corrected chi connectivity index (χ1v) is 7.93. The number of imide groups is 1. The minimum atomic E-state index is -1.33. The van der Waals surface area contributed by atoms with Gasteiger partial charge < -0.3 is 15.1 Å². The number of hydrogen-bond acceptors (Lipinski definition) is 4. The van der Waals surface area contributed by atoms with Crippen LogP contribution in [0.2, 0.25) is 5.02 Å². The summed E-state index contributed by atoms with van der Waals surface area (Å²) in [5, 5.41) is 5.69. The molecule has 0 saturated carbocycles. The van der Waals surface area contributed by atoms with Gasteiger partial charge in [-0.3, -0.25) is 14.5 Å². The zero-order valence-corrected chi connectivity index (χ0v) is 14.4. The molecule has 1 saturated heterocycles. The van der Waals surface area contributed by atoms with Gasteiger partial charge in [0.25, 0.3) is 5.91 Å². The van der Waals surface area contributed by atoms with Crippen molar-refractivity contribution < 1.29 is 18.8 Å². The Bertz CT molecular complexity index is 850. The number of furan rings is 1. The third kappa shape index (κ3) is 3.10. The Labute approximate surface area is 148 Å². The van der Waals surface area contributed by atoms with Gasteiger partial charge in [0.2, 0.25) is 5.91 Å². The van der Waals surface area contributed by atoms with Crippen LogP contribution in [0, 0.1) is 6.92 Å². The lowest BCUT2D eigenvalue weighted by Gasteiger charge is -2.18. The van der Waals surface area contributed by atoms with Gasteiger partial charge >= 0.3 is 6.03 Å². The second-order valence-corrected chi connectivity index (χ2v) is 6.34. The van der Waals surface area contributed by atoms with Crippen molar-refractivity contribution in [2.75, 3.05) is 11.9 Å². The first-order chi connectivity index (χ1) is 11.8.